The highest BCUT2D eigenvalue weighted by atomic mass is 32.2. The number of benzene rings is 1. The largest absolute Gasteiger partial charge is 0.380 e. The third-order valence-electron chi connectivity index (χ3n) is 2.28. The Morgan fingerprint density at radius 2 is 2.12 bits per heavy atom. The van der Waals surface area contributed by atoms with Crippen LogP contribution in [0.4, 0.5) is 10.1 Å². The first-order chi connectivity index (χ1) is 7.34. The highest BCUT2D eigenvalue weighted by molar-refractivity contribution is 7.89. The molecule has 0 saturated carbocycles. The summed E-state index contributed by atoms with van der Waals surface area (Å²) in [4.78, 5) is -0.222. The van der Waals surface area contributed by atoms with E-state index in [1.807, 2.05) is 13.8 Å². The maximum Gasteiger partial charge on any atom is 0.238 e. The predicted molar refractivity (Wildman–Crippen MR) is 61.1 cm³/mol. The topological polar surface area (TPSA) is 72.2 Å². The molecule has 3 N–H and O–H groups in total. The summed E-state index contributed by atoms with van der Waals surface area (Å²) in [5.74, 6) is -0.619. The Kier molecular flexibility index (Phi) is 3.88. The number of hydrogen-bond donors (Lipinski definition) is 2. The van der Waals surface area contributed by atoms with E-state index in [-0.39, 0.29) is 16.6 Å². The summed E-state index contributed by atoms with van der Waals surface area (Å²) < 4.78 is 35.4. The van der Waals surface area contributed by atoms with Gasteiger partial charge in [-0.15, -0.1) is 0 Å². The molecule has 0 aliphatic rings. The summed E-state index contributed by atoms with van der Waals surface area (Å²) in [6.45, 7) is 3.88. The normalized spacial score (nSPS) is 13.5. The van der Waals surface area contributed by atoms with Crippen molar-refractivity contribution in [1.29, 1.82) is 0 Å². The smallest absolute Gasteiger partial charge is 0.238 e. The molecule has 0 heterocycles. The Balaban J connectivity index is 3.01. The van der Waals surface area contributed by atoms with E-state index >= 15 is 0 Å². The fourth-order valence-electron chi connectivity index (χ4n) is 1.16. The van der Waals surface area contributed by atoms with E-state index in [1.54, 1.807) is 0 Å². The summed E-state index contributed by atoms with van der Waals surface area (Å²) in [5.41, 5.74) is 0.279. The van der Waals surface area contributed by atoms with E-state index in [1.165, 1.54) is 12.1 Å². The molecule has 1 atom stereocenters. The molecule has 6 heteroatoms. The first-order valence-electron chi connectivity index (χ1n) is 4.93. The molecule has 0 radical (unpaired) electrons. The molecule has 4 nitrogen and oxygen atoms in total. The molecule has 0 spiro atoms. The molecule has 1 aromatic carbocycles. The summed E-state index contributed by atoms with van der Waals surface area (Å²) in [6.07, 6.45) is 0.844. The van der Waals surface area contributed by atoms with Gasteiger partial charge in [-0.2, -0.15) is 0 Å². The van der Waals surface area contributed by atoms with Crippen molar-refractivity contribution in [2.24, 2.45) is 5.14 Å². The second-order valence-electron chi connectivity index (χ2n) is 3.64. The fraction of sp³-hybridized carbons (Fsp3) is 0.400. The Bertz CT molecular complexity index is 474. The van der Waals surface area contributed by atoms with Gasteiger partial charge in [-0.1, -0.05) is 6.92 Å². The Labute approximate surface area is 94.7 Å². The molecule has 0 saturated heterocycles. The number of hydrogen-bond acceptors (Lipinski definition) is 3. The first-order valence-corrected chi connectivity index (χ1v) is 6.48. The Morgan fingerprint density at radius 3 is 2.56 bits per heavy atom. The number of halogens is 1. The quantitative estimate of drug-likeness (QED) is 0.849. The van der Waals surface area contributed by atoms with Gasteiger partial charge in [0, 0.05) is 6.04 Å². The summed E-state index contributed by atoms with van der Waals surface area (Å²) in [6, 6.07) is 3.69. The lowest BCUT2D eigenvalue weighted by molar-refractivity contribution is 0.592. The van der Waals surface area contributed by atoms with E-state index < -0.39 is 15.8 Å². The minimum atomic E-state index is -3.84. The molecule has 0 amide bonds. The van der Waals surface area contributed by atoms with Crippen molar-refractivity contribution in [2.75, 3.05) is 5.32 Å². The molecule has 0 aromatic heterocycles. The van der Waals surface area contributed by atoms with Crippen LogP contribution in [-0.4, -0.2) is 14.5 Å². The third-order valence-corrected chi connectivity index (χ3v) is 3.19. The second-order valence-corrected chi connectivity index (χ2v) is 5.20. The van der Waals surface area contributed by atoms with Crippen LogP contribution >= 0.6 is 0 Å². The monoisotopic (exact) mass is 246 g/mol. The lowest BCUT2D eigenvalue weighted by Crippen LogP contribution is -2.16. The molecule has 1 rings (SSSR count). The standard InChI is InChI=1S/C10H15FN2O2S/c1-3-7(2)13-10-5-4-8(6-9(10)11)16(12,14)15/h4-7,13H,3H2,1-2H3,(H2,12,14,15). The molecule has 16 heavy (non-hydrogen) atoms. The van der Waals surface area contributed by atoms with Crippen LogP contribution in [0.5, 0.6) is 0 Å². The average molecular weight is 246 g/mol. The number of rotatable bonds is 4. The highest BCUT2D eigenvalue weighted by Gasteiger charge is 2.12. The molecule has 0 aliphatic heterocycles. The number of anilines is 1. The minimum Gasteiger partial charge on any atom is -0.380 e. The molecule has 0 bridgehead atoms. The van der Waals surface area contributed by atoms with Gasteiger partial charge < -0.3 is 5.32 Å². The van der Waals surface area contributed by atoms with E-state index in [2.05, 4.69) is 5.32 Å². The van der Waals surface area contributed by atoms with Crippen molar-refractivity contribution < 1.29 is 12.8 Å². The molecular weight excluding hydrogens is 231 g/mol. The molecule has 1 aromatic rings. The lowest BCUT2D eigenvalue weighted by Gasteiger charge is -2.13. The van der Waals surface area contributed by atoms with Gasteiger partial charge in [-0.3, -0.25) is 0 Å². The zero-order valence-electron chi connectivity index (χ0n) is 9.20. The van der Waals surface area contributed by atoms with Crippen LogP contribution in [-0.2, 0) is 10.0 Å². The van der Waals surface area contributed by atoms with E-state index in [4.69, 9.17) is 5.14 Å². The van der Waals surface area contributed by atoms with Gasteiger partial charge in [0.1, 0.15) is 5.82 Å². The maximum atomic E-state index is 13.5. The molecule has 0 aliphatic carbocycles. The van der Waals surface area contributed by atoms with Crippen molar-refractivity contribution in [3.05, 3.63) is 24.0 Å². The third kappa shape index (κ3) is 3.18. The van der Waals surface area contributed by atoms with Gasteiger partial charge >= 0.3 is 0 Å². The van der Waals surface area contributed by atoms with Crippen LogP contribution in [0.2, 0.25) is 0 Å². The van der Waals surface area contributed by atoms with Crippen LogP contribution in [0.25, 0.3) is 0 Å². The Hall–Kier alpha value is -1.14. The number of nitrogens with one attached hydrogen (secondary N) is 1. The zero-order valence-corrected chi connectivity index (χ0v) is 10.0. The van der Waals surface area contributed by atoms with Crippen LogP contribution < -0.4 is 10.5 Å². The molecular formula is C10H15FN2O2S. The van der Waals surface area contributed by atoms with Crippen molar-refractivity contribution in [3.63, 3.8) is 0 Å². The van der Waals surface area contributed by atoms with Crippen LogP contribution in [0, 0.1) is 5.82 Å². The van der Waals surface area contributed by atoms with Crippen LogP contribution in [0.1, 0.15) is 20.3 Å². The van der Waals surface area contributed by atoms with Crippen molar-refractivity contribution in [2.45, 2.75) is 31.2 Å². The van der Waals surface area contributed by atoms with Crippen LogP contribution in [0.15, 0.2) is 23.1 Å². The lowest BCUT2D eigenvalue weighted by atomic mass is 10.2. The summed E-state index contributed by atoms with van der Waals surface area (Å²) in [7, 11) is -3.84. The average Bonchev–Trinajstić information content (AvgIpc) is 2.19. The van der Waals surface area contributed by atoms with Crippen molar-refractivity contribution >= 4 is 15.7 Å². The van der Waals surface area contributed by atoms with E-state index in [0.29, 0.717) is 0 Å². The first kappa shape index (κ1) is 12.9. The fourth-order valence-corrected chi connectivity index (χ4v) is 1.68. The second kappa shape index (κ2) is 4.80. The maximum absolute atomic E-state index is 13.5. The molecule has 1 unspecified atom stereocenters. The molecule has 90 valence electrons. The zero-order chi connectivity index (χ0) is 12.3. The number of sulfonamides is 1. The predicted octanol–water partition coefficient (Wildman–Crippen LogP) is 1.68. The van der Waals surface area contributed by atoms with Gasteiger partial charge in [-0.25, -0.2) is 17.9 Å². The highest BCUT2D eigenvalue weighted by Crippen LogP contribution is 2.19. The van der Waals surface area contributed by atoms with Crippen LogP contribution in [0.3, 0.4) is 0 Å². The van der Waals surface area contributed by atoms with Gasteiger partial charge in [-0.05, 0) is 31.5 Å². The molecule has 0 fully saturated rings. The van der Waals surface area contributed by atoms with Gasteiger partial charge in [0.15, 0.2) is 0 Å². The minimum absolute atomic E-state index is 0.120. The van der Waals surface area contributed by atoms with Gasteiger partial charge in [0.2, 0.25) is 10.0 Å². The van der Waals surface area contributed by atoms with Crippen molar-refractivity contribution in [1.82, 2.24) is 0 Å². The van der Waals surface area contributed by atoms with E-state index in [9.17, 15) is 12.8 Å². The SMILES string of the molecule is CCC(C)Nc1ccc(S(N)(=O)=O)cc1F. The van der Waals surface area contributed by atoms with E-state index in [0.717, 1.165) is 12.5 Å². The van der Waals surface area contributed by atoms with Crippen molar-refractivity contribution in [3.8, 4) is 0 Å². The Morgan fingerprint density at radius 1 is 1.50 bits per heavy atom. The summed E-state index contributed by atoms with van der Waals surface area (Å²) >= 11 is 0. The number of nitrogens with two attached hydrogens (primary N) is 1. The summed E-state index contributed by atoms with van der Waals surface area (Å²) in [5, 5.41) is 7.82. The van der Waals surface area contributed by atoms with Gasteiger partial charge in [0.25, 0.3) is 0 Å². The van der Waals surface area contributed by atoms with Gasteiger partial charge in [0.05, 0.1) is 10.6 Å². The number of primary sulfonamides is 1.